The van der Waals surface area contributed by atoms with Gasteiger partial charge in [-0.25, -0.2) is 0 Å². The van der Waals surface area contributed by atoms with Gasteiger partial charge in [0.15, 0.2) is 5.82 Å². The molecule has 4 rings (SSSR count). The van der Waals surface area contributed by atoms with E-state index >= 15 is 0 Å². The van der Waals surface area contributed by atoms with Crippen LogP contribution in [-0.4, -0.2) is 42.1 Å². The van der Waals surface area contributed by atoms with Crippen LogP contribution in [0.4, 0.5) is 13.2 Å². The molecule has 7 nitrogen and oxygen atoms in total. The fraction of sp³-hybridized carbons (Fsp3) is 0.333. The van der Waals surface area contributed by atoms with Crippen LogP contribution in [0.25, 0.3) is 5.82 Å². The molecule has 1 aromatic carbocycles. The SMILES string of the molecule is CC1c2nnn(-c3ccn(C)n3)c2CCN1C(=O)c1cccc(C(F)(F)F)c1Cl. The zero-order valence-electron chi connectivity index (χ0n) is 15.5. The highest BCUT2D eigenvalue weighted by molar-refractivity contribution is 6.34. The molecule has 0 fully saturated rings. The molecule has 1 atom stereocenters. The second-order valence-electron chi connectivity index (χ2n) is 6.77. The molecule has 0 radical (unpaired) electrons. The van der Waals surface area contributed by atoms with E-state index in [2.05, 4.69) is 15.4 Å². The van der Waals surface area contributed by atoms with Gasteiger partial charge < -0.3 is 4.90 Å². The van der Waals surface area contributed by atoms with Gasteiger partial charge in [0.2, 0.25) is 0 Å². The smallest absolute Gasteiger partial charge is 0.330 e. The van der Waals surface area contributed by atoms with Crippen molar-refractivity contribution in [2.24, 2.45) is 7.05 Å². The summed E-state index contributed by atoms with van der Waals surface area (Å²) < 4.78 is 42.7. The van der Waals surface area contributed by atoms with E-state index in [9.17, 15) is 18.0 Å². The largest absolute Gasteiger partial charge is 0.417 e. The molecular weight excluding hydrogens is 409 g/mol. The Morgan fingerprint density at radius 3 is 2.69 bits per heavy atom. The van der Waals surface area contributed by atoms with E-state index in [1.165, 1.54) is 17.0 Å². The van der Waals surface area contributed by atoms with Gasteiger partial charge in [0, 0.05) is 32.3 Å². The predicted molar refractivity (Wildman–Crippen MR) is 97.7 cm³/mol. The lowest BCUT2D eigenvalue weighted by Gasteiger charge is -2.33. The molecule has 3 heterocycles. The summed E-state index contributed by atoms with van der Waals surface area (Å²) in [5.41, 5.74) is 0.180. The number of benzene rings is 1. The van der Waals surface area contributed by atoms with Crippen LogP contribution in [0.5, 0.6) is 0 Å². The minimum atomic E-state index is -4.64. The van der Waals surface area contributed by atoms with E-state index in [4.69, 9.17) is 11.6 Å². The molecule has 29 heavy (non-hydrogen) atoms. The number of alkyl halides is 3. The number of rotatable bonds is 2. The Balaban J connectivity index is 1.66. The molecule has 1 aliphatic heterocycles. The summed E-state index contributed by atoms with van der Waals surface area (Å²) in [5.74, 6) is 0.0285. The Morgan fingerprint density at radius 2 is 2.03 bits per heavy atom. The van der Waals surface area contributed by atoms with E-state index < -0.39 is 28.7 Å². The fourth-order valence-electron chi connectivity index (χ4n) is 3.49. The van der Waals surface area contributed by atoms with Crippen molar-refractivity contribution in [3.8, 4) is 5.82 Å². The lowest BCUT2D eigenvalue weighted by molar-refractivity contribution is -0.137. The Bertz CT molecular complexity index is 1090. The second-order valence-corrected chi connectivity index (χ2v) is 7.15. The Hall–Kier alpha value is -2.88. The Morgan fingerprint density at radius 1 is 1.28 bits per heavy atom. The minimum absolute atomic E-state index is 0.186. The van der Waals surface area contributed by atoms with Crippen LogP contribution in [0.3, 0.4) is 0 Å². The normalized spacial score (nSPS) is 16.8. The standard InChI is InChI=1S/C18H16ClF3N6O/c1-10-16-13(28(25-23-16)14-7-8-26(2)24-14)6-9-27(10)17(29)11-4-3-5-12(15(11)19)18(20,21)22/h3-5,7-8,10H,6,9H2,1-2H3. The first-order valence-electron chi connectivity index (χ1n) is 8.79. The first-order chi connectivity index (χ1) is 13.7. The first-order valence-corrected chi connectivity index (χ1v) is 9.17. The van der Waals surface area contributed by atoms with Gasteiger partial charge in [-0.15, -0.1) is 5.10 Å². The van der Waals surface area contributed by atoms with Gasteiger partial charge >= 0.3 is 6.18 Å². The Labute approximate surface area is 168 Å². The molecule has 1 aliphatic rings. The summed E-state index contributed by atoms with van der Waals surface area (Å²) in [4.78, 5) is 14.5. The van der Waals surface area contributed by atoms with Crippen molar-refractivity contribution in [1.29, 1.82) is 0 Å². The number of carbonyl (C=O) groups excluding carboxylic acids is 1. The van der Waals surface area contributed by atoms with Crippen molar-refractivity contribution in [3.63, 3.8) is 0 Å². The number of carbonyl (C=O) groups is 1. The van der Waals surface area contributed by atoms with Gasteiger partial charge in [-0.1, -0.05) is 22.9 Å². The molecule has 2 aromatic heterocycles. The number of hydrogen-bond acceptors (Lipinski definition) is 4. The van der Waals surface area contributed by atoms with Gasteiger partial charge in [0.1, 0.15) is 5.69 Å². The average molecular weight is 425 g/mol. The summed E-state index contributed by atoms with van der Waals surface area (Å²) in [7, 11) is 1.79. The maximum Gasteiger partial charge on any atom is 0.417 e. The van der Waals surface area contributed by atoms with Crippen LogP contribution in [0.15, 0.2) is 30.5 Å². The molecule has 152 valence electrons. The monoisotopic (exact) mass is 424 g/mol. The van der Waals surface area contributed by atoms with E-state index in [1.807, 2.05) is 0 Å². The van der Waals surface area contributed by atoms with E-state index in [1.54, 1.807) is 35.6 Å². The minimum Gasteiger partial charge on any atom is -0.330 e. The highest BCUT2D eigenvalue weighted by atomic mass is 35.5. The molecular formula is C18H16ClF3N6O. The average Bonchev–Trinajstić information content (AvgIpc) is 3.27. The van der Waals surface area contributed by atoms with Crippen molar-refractivity contribution in [2.75, 3.05) is 6.54 Å². The van der Waals surface area contributed by atoms with Gasteiger partial charge in [0.25, 0.3) is 5.91 Å². The van der Waals surface area contributed by atoms with Crippen LogP contribution in [0.1, 0.15) is 40.3 Å². The van der Waals surface area contributed by atoms with Crippen molar-refractivity contribution in [2.45, 2.75) is 25.6 Å². The highest BCUT2D eigenvalue weighted by Gasteiger charge is 2.37. The molecule has 3 aromatic rings. The number of amides is 1. The number of fused-ring (bicyclic) bond motifs is 1. The predicted octanol–water partition coefficient (Wildman–Crippen LogP) is 3.43. The molecule has 0 saturated carbocycles. The number of nitrogens with zero attached hydrogens (tertiary/aromatic N) is 6. The van der Waals surface area contributed by atoms with Gasteiger partial charge in [-0.05, 0) is 19.1 Å². The van der Waals surface area contributed by atoms with Crippen LogP contribution in [-0.2, 0) is 19.6 Å². The molecule has 0 saturated heterocycles. The second kappa shape index (κ2) is 6.87. The Kier molecular flexibility index (Phi) is 4.60. The zero-order valence-corrected chi connectivity index (χ0v) is 16.2. The molecule has 0 aliphatic carbocycles. The lowest BCUT2D eigenvalue weighted by atomic mass is 10.0. The van der Waals surface area contributed by atoms with Crippen molar-refractivity contribution >= 4 is 17.5 Å². The third-order valence-electron chi connectivity index (χ3n) is 4.96. The van der Waals surface area contributed by atoms with Gasteiger partial charge in [-0.2, -0.15) is 23.0 Å². The van der Waals surface area contributed by atoms with Crippen LogP contribution in [0.2, 0.25) is 5.02 Å². The van der Waals surface area contributed by atoms with Crippen LogP contribution in [0, 0.1) is 0 Å². The molecule has 0 N–H and O–H groups in total. The van der Waals surface area contributed by atoms with Gasteiger partial charge in [-0.3, -0.25) is 9.48 Å². The first kappa shape index (κ1) is 19.4. The maximum atomic E-state index is 13.1. The van der Waals surface area contributed by atoms with E-state index in [0.29, 0.717) is 24.5 Å². The van der Waals surface area contributed by atoms with Crippen LogP contribution >= 0.6 is 11.6 Å². The summed E-state index contributed by atoms with van der Waals surface area (Å²) in [5, 5.41) is 12.0. The quantitative estimate of drug-likeness (QED) is 0.632. The number of aryl methyl sites for hydroxylation is 1. The zero-order chi connectivity index (χ0) is 20.9. The third-order valence-corrected chi connectivity index (χ3v) is 5.37. The van der Waals surface area contributed by atoms with Gasteiger partial charge in [0.05, 0.1) is 27.9 Å². The van der Waals surface area contributed by atoms with E-state index in [-0.39, 0.29) is 5.56 Å². The summed E-state index contributed by atoms with van der Waals surface area (Å²) in [6, 6.07) is 4.65. The van der Waals surface area contributed by atoms with Crippen molar-refractivity contribution in [1.82, 2.24) is 29.7 Å². The fourth-order valence-corrected chi connectivity index (χ4v) is 3.80. The van der Waals surface area contributed by atoms with Crippen molar-refractivity contribution in [3.05, 3.63) is 58.0 Å². The highest BCUT2D eigenvalue weighted by Crippen LogP contribution is 2.38. The lowest BCUT2D eigenvalue weighted by Crippen LogP contribution is -2.39. The number of hydrogen-bond donors (Lipinski definition) is 0. The molecule has 11 heteroatoms. The van der Waals surface area contributed by atoms with E-state index in [0.717, 1.165) is 11.8 Å². The molecule has 0 bridgehead atoms. The van der Waals surface area contributed by atoms with Crippen LogP contribution < -0.4 is 0 Å². The summed E-state index contributed by atoms with van der Waals surface area (Å²) >= 11 is 5.93. The third kappa shape index (κ3) is 3.27. The maximum absolute atomic E-state index is 13.1. The summed E-state index contributed by atoms with van der Waals surface area (Å²) in [6.45, 7) is 2.05. The number of halogens is 4. The topological polar surface area (TPSA) is 68.8 Å². The molecule has 1 unspecified atom stereocenters. The molecule has 0 spiro atoms. The summed E-state index contributed by atoms with van der Waals surface area (Å²) in [6.07, 6.45) is -2.42. The van der Waals surface area contributed by atoms with Crippen molar-refractivity contribution < 1.29 is 18.0 Å². The number of aromatic nitrogens is 5. The molecule has 1 amide bonds.